The van der Waals surface area contributed by atoms with Gasteiger partial charge in [-0.05, 0) is 68.9 Å². The highest BCUT2D eigenvalue weighted by molar-refractivity contribution is 6.33. The number of pyridine rings is 1. The summed E-state index contributed by atoms with van der Waals surface area (Å²) in [5.41, 5.74) is 3.15. The number of anilines is 1. The molecule has 1 aliphatic carbocycles. The van der Waals surface area contributed by atoms with Crippen LogP contribution in [-0.2, 0) is 15.9 Å². The first-order valence-corrected chi connectivity index (χ1v) is 12.2. The molecule has 0 spiro atoms. The molecule has 0 amide bonds. The van der Waals surface area contributed by atoms with Crippen LogP contribution < -0.4 is 5.32 Å². The minimum absolute atomic E-state index is 0.0270. The average Bonchev–Trinajstić information content (AvgIpc) is 3.48. The summed E-state index contributed by atoms with van der Waals surface area (Å²) in [7, 11) is 1.89. The fourth-order valence-electron chi connectivity index (χ4n) is 5.63. The van der Waals surface area contributed by atoms with Gasteiger partial charge in [0.25, 0.3) is 0 Å². The van der Waals surface area contributed by atoms with E-state index in [1.807, 2.05) is 33.0 Å². The summed E-state index contributed by atoms with van der Waals surface area (Å²) in [6, 6.07) is 12.8. The average molecular weight is 478 g/mol. The van der Waals surface area contributed by atoms with Crippen molar-refractivity contribution >= 4 is 39.4 Å². The summed E-state index contributed by atoms with van der Waals surface area (Å²) < 4.78 is 15.0. The van der Waals surface area contributed by atoms with Crippen LogP contribution in [0.2, 0.25) is 5.15 Å². The van der Waals surface area contributed by atoms with Crippen molar-refractivity contribution in [3.63, 3.8) is 0 Å². The number of halogens is 1. The van der Waals surface area contributed by atoms with E-state index in [4.69, 9.17) is 26.1 Å². The number of aromatic nitrogens is 4. The van der Waals surface area contributed by atoms with E-state index < -0.39 is 5.79 Å². The maximum atomic E-state index is 6.42. The molecule has 2 fully saturated rings. The second-order valence-electron chi connectivity index (χ2n) is 9.76. The Labute approximate surface area is 203 Å². The standard InChI is InChI=1S/C26H28ClN5O2/c1-26(2)33-22-17(7-5-15-4-6-16-8-9-21(28-3)31-19(16)12-15)13-20(23(22)34-26)32-11-10-18-24(27)29-14-30-25(18)32/h4,6,8-12,14,17,20,22-23H,5,7,13H2,1-3H3,(H,28,31)/t17-,20+,22+,23-/m0/s1. The van der Waals surface area contributed by atoms with E-state index in [1.165, 1.54) is 11.9 Å². The Balaban J connectivity index is 1.26. The lowest BCUT2D eigenvalue weighted by atomic mass is 9.95. The van der Waals surface area contributed by atoms with Crippen molar-refractivity contribution in [1.29, 1.82) is 0 Å². The number of nitrogens with zero attached hydrogens (tertiary/aromatic N) is 4. The summed E-state index contributed by atoms with van der Waals surface area (Å²) in [5, 5.41) is 5.62. The maximum absolute atomic E-state index is 6.42. The van der Waals surface area contributed by atoms with Gasteiger partial charge >= 0.3 is 0 Å². The number of fused-ring (bicyclic) bond motifs is 3. The molecule has 3 aromatic heterocycles. The van der Waals surface area contributed by atoms with Gasteiger partial charge in [0.15, 0.2) is 5.79 Å². The first-order valence-electron chi connectivity index (χ1n) is 11.8. The molecule has 7 nitrogen and oxygen atoms in total. The van der Waals surface area contributed by atoms with Gasteiger partial charge < -0.3 is 19.4 Å². The molecular weight excluding hydrogens is 450 g/mol. The number of aryl methyl sites for hydroxylation is 1. The van der Waals surface area contributed by atoms with Crippen molar-refractivity contribution in [1.82, 2.24) is 19.5 Å². The van der Waals surface area contributed by atoms with Crippen LogP contribution in [0.1, 0.15) is 38.3 Å². The van der Waals surface area contributed by atoms with Gasteiger partial charge in [0.1, 0.15) is 29.0 Å². The molecule has 176 valence electrons. The largest absolute Gasteiger partial charge is 0.373 e. The molecule has 1 saturated carbocycles. The maximum Gasteiger partial charge on any atom is 0.163 e. The smallest absolute Gasteiger partial charge is 0.163 e. The van der Waals surface area contributed by atoms with E-state index in [2.05, 4.69) is 50.3 Å². The highest BCUT2D eigenvalue weighted by Gasteiger charge is 2.54. The lowest BCUT2D eigenvalue weighted by molar-refractivity contribution is -0.160. The van der Waals surface area contributed by atoms with E-state index in [0.717, 1.165) is 47.0 Å². The van der Waals surface area contributed by atoms with Crippen LogP contribution in [0.4, 0.5) is 5.82 Å². The highest BCUT2D eigenvalue weighted by atomic mass is 35.5. The van der Waals surface area contributed by atoms with Gasteiger partial charge in [0.2, 0.25) is 0 Å². The third-order valence-electron chi connectivity index (χ3n) is 7.19. The highest BCUT2D eigenvalue weighted by Crippen LogP contribution is 2.49. The van der Waals surface area contributed by atoms with Crippen molar-refractivity contribution in [2.75, 3.05) is 12.4 Å². The topological polar surface area (TPSA) is 74.1 Å². The Kier molecular flexibility index (Phi) is 5.24. The molecule has 1 N–H and O–H groups in total. The molecule has 4 atom stereocenters. The summed E-state index contributed by atoms with van der Waals surface area (Å²) in [6.45, 7) is 4.00. The van der Waals surface area contributed by atoms with E-state index in [1.54, 1.807) is 0 Å². The van der Waals surface area contributed by atoms with Crippen molar-refractivity contribution in [3.8, 4) is 0 Å². The van der Waals surface area contributed by atoms with Gasteiger partial charge in [-0.3, -0.25) is 0 Å². The van der Waals surface area contributed by atoms with E-state index in [-0.39, 0.29) is 18.2 Å². The molecule has 2 aliphatic rings. The van der Waals surface area contributed by atoms with Gasteiger partial charge in [-0.15, -0.1) is 0 Å². The van der Waals surface area contributed by atoms with Crippen LogP contribution in [-0.4, -0.2) is 44.6 Å². The predicted molar refractivity (Wildman–Crippen MR) is 133 cm³/mol. The van der Waals surface area contributed by atoms with Crippen molar-refractivity contribution in [2.45, 2.75) is 57.1 Å². The lowest BCUT2D eigenvalue weighted by Crippen LogP contribution is -2.27. The van der Waals surface area contributed by atoms with Crippen LogP contribution in [0.5, 0.6) is 0 Å². The van der Waals surface area contributed by atoms with Gasteiger partial charge in [-0.2, -0.15) is 0 Å². The molecule has 4 aromatic rings. The second-order valence-corrected chi connectivity index (χ2v) is 10.1. The third kappa shape index (κ3) is 3.72. The summed E-state index contributed by atoms with van der Waals surface area (Å²) in [5.74, 6) is 0.657. The number of hydrogen-bond acceptors (Lipinski definition) is 6. The van der Waals surface area contributed by atoms with Crippen molar-refractivity contribution < 1.29 is 9.47 Å². The zero-order valence-electron chi connectivity index (χ0n) is 19.5. The zero-order chi connectivity index (χ0) is 23.4. The number of nitrogens with one attached hydrogen (secondary N) is 1. The van der Waals surface area contributed by atoms with Crippen LogP contribution in [0.25, 0.3) is 21.9 Å². The summed E-state index contributed by atoms with van der Waals surface area (Å²) in [4.78, 5) is 13.3. The molecule has 0 bridgehead atoms. The van der Waals surface area contributed by atoms with Crippen molar-refractivity contribution in [2.24, 2.45) is 5.92 Å². The molecule has 1 aromatic carbocycles. The first-order chi connectivity index (χ1) is 16.4. The predicted octanol–water partition coefficient (Wildman–Crippen LogP) is 5.39. The van der Waals surface area contributed by atoms with E-state index in [9.17, 15) is 0 Å². The fourth-order valence-corrected chi connectivity index (χ4v) is 5.82. The monoisotopic (exact) mass is 477 g/mol. The molecule has 34 heavy (non-hydrogen) atoms. The van der Waals surface area contributed by atoms with Crippen LogP contribution in [0.15, 0.2) is 48.9 Å². The molecule has 6 rings (SSSR count). The van der Waals surface area contributed by atoms with E-state index in [0.29, 0.717) is 11.1 Å². The Morgan fingerprint density at radius 2 is 1.94 bits per heavy atom. The van der Waals surface area contributed by atoms with E-state index >= 15 is 0 Å². The van der Waals surface area contributed by atoms with Crippen molar-refractivity contribution in [3.05, 3.63) is 59.6 Å². The van der Waals surface area contributed by atoms with Gasteiger partial charge in [-0.25, -0.2) is 15.0 Å². The van der Waals surface area contributed by atoms with Crippen LogP contribution in [0.3, 0.4) is 0 Å². The Bertz CT molecular complexity index is 1370. The normalized spacial score (nSPS) is 25.8. The summed E-state index contributed by atoms with van der Waals surface area (Å²) >= 11 is 6.31. The number of ether oxygens (including phenoxy) is 2. The van der Waals surface area contributed by atoms with Crippen LogP contribution in [0, 0.1) is 5.92 Å². The summed E-state index contributed by atoms with van der Waals surface area (Å²) in [6.07, 6.45) is 6.54. The molecule has 4 heterocycles. The zero-order valence-corrected chi connectivity index (χ0v) is 20.3. The SMILES string of the molecule is CNc1ccc2ccc(CC[C@H]3C[C@@H](n4ccc5c(Cl)ncnc54)[C@@H]4OC(C)(C)O[C@H]34)cc2n1. The number of rotatable bonds is 5. The molecule has 0 radical (unpaired) electrons. The quantitative estimate of drug-likeness (QED) is 0.388. The van der Waals surface area contributed by atoms with Gasteiger partial charge in [-0.1, -0.05) is 23.7 Å². The third-order valence-corrected chi connectivity index (χ3v) is 7.49. The fraction of sp³-hybridized carbons (Fsp3) is 0.423. The number of hydrogen-bond donors (Lipinski definition) is 1. The Morgan fingerprint density at radius 1 is 1.12 bits per heavy atom. The Morgan fingerprint density at radius 3 is 2.79 bits per heavy atom. The molecule has 1 aliphatic heterocycles. The Hall–Kier alpha value is -2.74. The second kappa shape index (κ2) is 8.18. The van der Waals surface area contributed by atoms with Gasteiger partial charge in [0, 0.05) is 18.6 Å². The lowest BCUT2D eigenvalue weighted by Gasteiger charge is -2.24. The minimum atomic E-state index is -0.599. The first kappa shape index (κ1) is 21.8. The molecule has 1 saturated heterocycles. The minimum Gasteiger partial charge on any atom is -0.373 e. The molecule has 0 unspecified atom stereocenters. The molecular formula is C26H28ClN5O2. The molecule has 8 heteroatoms. The number of benzene rings is 1. The van der Waals surface area contributed by atoms with Gasteiger partial charge in [0.05, 0.1) is 23.0 Å². The van der Waals surface area contributed by atoms with Crippen LogP contribution >= 0.6 is 11.6 Å².